The summed E-state index contributed by atoms with van der Waals surface area (Å²) in [4.78, 5) is 16.0. The molecule has 0 bridgehead atoms. The van der Waals surface area contributed by atoms with Gasteiger partial charge in [0.1, 0.15) is 0 Å². The minimum atomic E-state index is 0.110. The fourth-order valence-electron chi connectivity index (χ4n) is 2.52. The molecule has 1 amide bonds. The lowest BCUT2D eigenvalue weighted by Crippen LogP contribution is -2.42. The molecule has 0 radical (unpaired) electrons. The molecule has 1 heterocycles. The number of amides is 1. The quantitative estimate of drug-likeness (QED) is 0.800. The molecule has 2 aromatic rings. The molecule has 106 valence electrons. The number of benzene rings is 1. The number of carbonyl (C=O) groups excluding carboxylic acids is 1. The number of thiophene rings is 1. The van der Waals surface area contributed by atoms with Crippen LogP contribution in [-0.2, 0) is 0 Å². The Morgan fingerprint density at radius 3 is 2.20 bits per heavy atom. The lowest BCUT2D eigenvalue weighted by Gasteiger charge is -2.31. The molecule has 1 aromatic heterocycles. The Hall–Kier alpha value is -1.61. The third kappa shape index (κ3) is 2.93. The molecular weight excluding hydrogens is 266 g/mol. The fraction of sp³-hybridized carbons (Fsp3) is 0.353. The summed E-state index contributed by atoms with van der Waals surface area (Å²) >= 11 is 1.67. The van der Waals surface area contributed by atoms with Crippen molar-refractivity contribution in [1.29, 1.82) is 0 Å². The Kier molecular flexibility index (Phi) is 4.61. The van der Waals surface area contributed by atoms with Gasteiger partial charge in [-0.05, 0) is 45.2 Å². The van der Waals surface area contributed by atoms with Crippen molar-refractivity contribution in [3.63, 3.8) is 0 Å². The first-order valence-corrected chi connectivity index (χ1v) is 7.86. The van der Waals surface area contributed by atoms with Crippen LogP contribution in [0.5, 0.6) is 0 Å². The average molecular weight is 287 g/mol. The Labute approximate surface area is 125 Å². The molecule has 3 heteroatoms. The molecule has 1 aromatic carbocycles. The summed E-state index contributed by atoms with van der Waals surface area (Å²) in [5.74, 6) is 0.110. The minimum Gasteiger partial charge on any atom is -0.334 e. The summed E-state index contributed by atoms with van der Waals surface area (Å²) in [6.07, 6.45) is 0. The maximum Gasteiger partial charge on any atom is 0.254 e. The van der Waals surface area contributed by atoms with Gasteiger partial charge < -0.3 is 4.90 Å². The van der Waals surface area contributed by atoms with E-state index < -0.39 is 0 Å². The van der Waals surface area contributed by atoms with Crippen LogP contribution < -0.4 is 0 Å². The number of hydrogen-bond donors (Lipinski definition) is 0. The van der Waals surface area contributed by atoms with Crippen LogP contribution in [0.1, 0.15) is 38.1 Å². The smallest absolute Gasteiger partial charge is 0.254 e. The molecule has 0 saturated carbocycles. The maximum absolute atomic E-state index is 12.9. The third-order valence-electron chi connectivity index (χ3n) is 3.29. The van der Waals surface area contributed by atoms with E-state index in [4.69, 9.17) is 0 Å². The first-order valence-electron chi connectivity index (χ1n) is 6.98. The number of rotatable bonds is 4. The molecule has 0 saturated heterocycles. The van der Waals surface area contributed by atoms with Crippen LogP contribution in [0.3, 0.4) is 0 Å². The molecule has 0 aliphatic rings. The van der Waals surface area contributed by atoms with E-state index in [1.165, 1.54) is 0 Å². The summed E-state index contributed by atoms with van der Waals surface area (Å²) in [7, 11) is 0. The number of carbonyl (C=O) groups is 1. The summed E-state index contributed by atoms with van der Waals surface area (Å²) in [5, 5.41) is 2.04. The van der Waals surface area contributed by atoms with Crippen molar-refractivity contribution in [3.05, 3.63) is 47.3 Å². The van der Waals surface area contributed by atoms with E-state index in [9.17, 15) is 4.79 Å². The van der Waals surface area contributed by atoms with Crippen molar-refractivity contribution in [1.82, 2.24) is 4.90 Å². The summed E-state index contributed by atoms with van der Waals surface area (Å²) in [5.41, 5.74) is 1.82. The Bertz CT molecular complexity index is 564. The van der Waals surface area contributed by atoms with E-state index in [-0.39, 0.29) is 18.0 Å². The molecule has 0 spiro atoms. The van der Waals surface area contributed by atoms with E-state index >= 15 is 0 Å². The topological polar surface area (TPSA) is 20.3 Å². The normalized spacial score (nSPS) is 11.1. The molecule has 0 atom stereocenters. The van der Waals surface area contributed by atoms with Crippen molar-refractivity contribution < 1.29 is 4.79 Å². The molecule has 0 aliphatic carbocycles. The van der Waals surface area contributed by atoms with Crippen molar-refractivity contribution in [2.45, 2.75) is 39.8 Å². The van der Waals surface area contributed by atoms with Crippen LogP contribution in [0.2, 0.25) is 0 Å². The molecule has 2 nitrogen and oxygen atoms in total. The first kappa shape index (κ1) is 14.8. The SMILES string of the molecule is CC(C)N(C(=O)c1ccccc1-c1cccs1)C(C)C. The van der Waals surface area contributed by atoms with Gasteiger partial charge in [0.05, 0.1) is 0 Å². The molecule has 0 aliphatic heterocycles. The standard InChI is InChI=1S/C17H21NOS/c1-12(2)18(13(3)4)17(19)15-9-6-5-8-14(15)16-10-7-11-20-16/h5-13H,1-4H3. The van der Waals surface area contributed by atoms with Gasteiger partial charge in [-0.2, -0.15) is 0 Å². The second-order valence-electron chi connectivity index (χ2n) is 5.42. The minimum absolute atomic E-state index is 0.110. The highest BCUT2D eigenvalue weighted by Crippen LogP contribution is 2.29. The van der Waals surface area contributed by atoms with Gasteiger partial charge >= 0.3 is 0 Å². The van der Waals surface area contributed by atoms with Gasteiger partial charge in [0.15, 0.2) is 0 Å². The highest BCUT2D eigenvalue weighted by molar-refractivity contribution is 7.13. The Morgan fingerprint density at radius 1 is 1.00 bits per heavy atom. The zero-order valence-electron chi connectivity index (χ0n) is 12.5. The average Bonchev–Trinajstić information content (AvgIpc) is 2.91. The number of hydrogen-bond acceptors (Lipinski definition) is 2. The molecule has 0 unspecified atom stereocenters. The van der Waals surface area contributed by atoms with Crippen molar-refractivity contribution >= 4 is 17.2 Å². The highest BCUT2D eigenvalue weighted by Gasteiger charge is 2.23. The predicted molar refractivity (Wildman–Crippen MR) is 86.2 cm³/mol. The monoisotopic (exact) mass is 287 g/mol. The van der Waals surface area contributed by atoms with Crippen molar-refractivity contribution in [2.24, 2.45) is 0 Å². The summed E-state index contributed by atoms with van der Waals surface area (Å²) in [6, 6.07) is 12.3. The van der Waals surface area contributed by atoms with E-state index in [1.54, 1.807) is 11.3 Å². The van der Waals surface area contributed by atoms with Crippen LogP contribution in [0, 0.1) is 0 Å². The van der Waals surface area contributed by atoms with E-state index in [1.807, 2.05) is 40.6 Å². The molecule has 20 heavy (non-hydrogen) atoms. The van der Waals surface area contributed by atoms with Crippen LogP contribution in [0.4, 0.5) is 0 Å². The van der Waals surface area contributed by atoms with Crippen LogP contribution in [-0.4, -0.2) is 22.9 Å². The van der Waals surface area contributed by atoms with Gasteiger partial charge in [-0.1, -0.05) is 24.3 Å². The molecular formula is C17H21NOS. The molecule has 0 N–H and O–H groups in total. The molecule has 0 fully saturated rings. The van der Waals surface area contributed by atoms with E-state index in [2.05, 4.69) is 33.8 Å². The van der Waals surface area contributed by atoms with Crippen LogP contribution in [0.15, 0.2) is 41.8 Å². The second-order valence-corrected chi connectivity index (χ2v) is 6.37. The van der Waals surface area contributed by atoms with Gasteiger partial charge in [0.25, 0.3) is 5.91 Å². The van der Waals surface area contributed by atoms with Gasteiger partial charge in [0, 0.05) is 28.1 Å². The van der Waals surface area contributed by atoms with Crippen LogP contribution >= 0.6 is 11.3 Å². The Balaban J connectivity index is 2.45. The summed E-state index contributed by atoms with van der Waals surface area (Å²) in [6.45, 7) is 8.24. The lowest BCUT2D eigenvalue weighted by molar-refractivity contribution is 0.0644. The maximum atomic E-state index is 12.9. The van der Waals surface area contributed by atoms with Gasteiger partial charge in [-0.15, -0.1) is 11.3 Å². The van der Waals surface area contributed by atoms with Gasteiger partial charge in [0.2, 0.25) is 0 Å². The van der Waals surface area contributed by atoms with Crippen molar-refractivity contribution in [3.8, 4) is 10.4 Å². The zero-order valence-corrected chi connectivity index (χ0v) is 13.3. The second kappa shape index (κ2) is 6.23. The predicted octanol–water partition coefficient (Wildman–Crippen LogP) is 4.67. The van der Waals surface area contributed by atoms with Gasteiger partial charge in [-0.25, -0.2) is 0 Å². The van der Waals surface area contributed by atoms with E-state index in [0.29, 0.717) is 0 Å². The third-order valence-corrected chi connectivity index (χ3v) is 4.19. The van der Waals surface area contributed by atoms with E-state index in [0.717, 1.165) is 16.0 Å². The molecule has 2 rings (SSSR count). The Morgan fingerprint density at radius 2 is 1.65 bits per heavy atom. The van der Waals surface area contributed by atoms with Crippen molar-refractivity contribution in [2.75, 3.05) is 0 Å². The van der Waals surface area contributed by atoms with Gasteiger partial charge in [-0.3, -0.25) is 4.79 Å². The fourth-order valence-corrected chi connectivity index (χ4v) is 3.29. The highest BCUT2D eigenvalue weighted by atomic mass is 32.1. The first-order chi connectivity index (χ1) is 9.52. The number of nitrogens with zero attached hydrogens (tertiary/aromatic N) is 1. The lowest BCUT2D eigenvalue weighted by atomic mass is 10.0. The summed E-state index contributed by atoms with van der Waals surface area (Å²) < 4.78 is 0. The largest absolute Gasteiger partial charge is 0.334 e. The van der Waals surface area contributed by atoms with Crippen LogP contribution in [0.25, 0.3) is 10.4 Å². The zero-order chi connectivity index (χ0) is 14.7.